The summed E-state index contributed by atoms with van der Waals surface area (Å²) in [4.78, 5) is 21.7. The number of anilines is 1. The number of carbonyl (C=O) groups is 1. The number of aromatic nitrogens is 1. The molecule has 2 aromatic rings. The summed E-state index contributed by atoms with van der Waals surface area (Å²) in [5.41, 5.74) is 4.70. The lowest BCUT2D eigenvalue weighted by Gasteiger charge is -2.49. The number of morpholine rings is 1. The van der Waals surface area contributed by atoms with E-state index in [0.717, 1.165) is 54.8 Å². The molecule has 1 aromatic heterocycles. The van der Waals surface area contributed by atoms with E-state index in [-0.39, 0.29) is 11.5 Å². The Morgan fingerprint density at radius 2 is 2.17 bits per heavy atom. The summed E-state index contributed by atoms with van der Waals surface area (Å²) < 4.78 is 7.42. The fraction of sp³-hybridized carbons (Fsp3) is 0.417. The van der Waals surface area contributed by atoms with Crippen LogP contribution < -0.4 is 4.90 Å². The fourth-order valence-electron chi connectivity index (χ4n) is 4.43. The van der Waals surface area contributed by atoms with Crippen LogP contribution >= 0.6 is 11.3 Å². The van der Waals surface area contributed by atoms with Crippen molar-refractivity contribution in [2.45, 2.75) is 37.9 Å². The molecule has 0 saturated carbocycles. The van der Waals surface area contributed by atoms with Gasteiger partial charge in [0.2, 0.25) is 0 Å². The van der Waals surface area contributed by atoms with E-state index in [1.54, 1.807) is 11.3 Å². The lowest BCUT2D eigenvalue weighted by molar-refractivity contribution is -0.161. The van der Waals surface area contributed by atoms with Gasteiger partial charge < -0.3 is 14.5 Å². The SMILES string of the molecule is C=C/C=C(\C=C)CCN1CCC2(CC1)CN(c1ccc3ncsc3c1)C(=O)C(C)O2. The fourth-order valence-corrected chi connectivity index (χ4v) is 5.14. The van der Waals surface area contributed by atoms with Crippen LogP contribution in [0, 0.1) is 0 Å². The maximum Gasteiger partial charge on any atom is 0.255 e. The Kier molecular flexibility index (Phi) is 6.18. The van der Waals surface area contributed by atoms with E-state index in [1.165, 1.54) is 5.57 Å². The van der Waals surface area contributed by atoms with Crippen molar-refractivity contribution in [3.05, 3.63) is 60.7 Å². The molecule has 5 nitrogen and oxygen atoms in total. The number of rotatable bonds is 6. The maximum atomic E-state index is 12.9. The van der Waals surface area contributed by atoms with Gasteiger partial charge in [0, 0.05) is 25.3 Å². The molecule has 2 aliphatic heterocycles. The van der Waals surface area contributed by atoms with Crippen molar-refractivity contribution in [1.29, 1.82) is 0 Å². The summed E-state index contributed by atoms with van der Waals surface area (Å²) in [6.07, 6.45) is 8.15. The second-order valence-corrected chi connectivity index (χ2v) is 9.03. The Hall–Kier alpha value is -2.28. The number of piperidine rings is 1. The monoisotopic (exact) mass is 423 g/mol. The number of likely N-dealkylation sites (tertiary alicyclic amines) is 1. The Labute approximate surface area is 182 Å². The van der Waals surface area contributed by atoms with Crippen LogP contribution in [-0.4, -0.2) is 53.7 Å². The van der Waals surface area contributed by atoms with Crippen molar-refractivity contribution < 1.29 is 9.53 Å². The van der Waals surface area contributed by atoms with Crippen molar-refractivity contribution in [2.24, 2.45) is 0 Å². The third-order valence-corrected chi connectivity index (χ3v) is 6.98. The lowest BCUT2D eigenvalue weighted by atomic mass is 9.88. The summed E-state index contributed by atoms with van der Waals surface area (Å²) in [7, 11) is 0. The van der Waals surface area contributed by atoms with E-state index in [0.29, 0.717) is 6.54 Å². The molecule has 2 fully saturated rings. The van der Waals surface area contributed by atoms with Gasteiger partial charge in [-0.3, -0.25) is 4.79 Å². The van der Waals surface area contributed by atoms with Crippen molar-refractivity contribution in [3.8, 4) is 0 Å². The van der Waals surface area contributed by atoms with Crippen LogP contribution in [0.2, 0.25) is 0 Å². The first-order valence-corrected chi connectivity index (χ1v) is 11.4. The first-order valence-electron chi connectivity index (χ1n) is 10.5. The number of hydrogen-bond donors (Lipinski definition) is 0. The molecule has 4 rings (SSSR count). The van der Waals surface area contributed by atoms with Crippen molar-refractivity contribution in [3.63, 3.8) is 0 Å². The minimum absolute atomic E-state index is 0.0390. The van der Waals surface area contributed by atoms with Gasteiger partial charge in [-0.15, -0.1) is 11.3 Å². The smallest absolute Gasteiger partial charge is 0.255 e. The highest BCUT2D eigenvalue weighted by Gasteiger charge is 2.45. The minimum Gasteiger partial charge on any atom is -0.360 e. The zero-order chi connectivity index (χ0) is 21.1. The van der Waals surface area contributed by atoms with E-state index < -0.39 is 6.10 Å². The predicted molar refractivity (Wildman–Crippen MR) is 124 cm³/mol. The molecular formula is C24H29N3O2S. The van der Waals surface area contributed by atoms with Crippen LogP contribution in [0.1, 0.15) is 26.2 Å². The third-order valence-electron chi connectivity index (χ3n) is 6.19. The molecule has 2 aliphatic rings. The highest BCUT2D eigenvalue weighted by molar-refractivity contribution is 7.16. The number of nitrogens with zero attached hydrogens (tertiary/aromatic N) is 3. The predicted octanol–water partition coefficient (Wildman–Crippen LogP) is 4.57. The second kappa shape index (κ2) is 8.84. The zero-order valence-corrected chi connectivity index (χ0v) is 18.4. The third kappa shape index (κ3) is 4.26. The molecule has 0 aliphatic carbocycles. The van der Waals surface area contributed by atoms with Crippen molar-refractivity contribution in [1.82, 2.24) is 9.88 Å². The molecule has 0 bridgehead atoms. The molecule has 1 amide bonds. The Balaban J connectivity index is 1.44. The second-order valence-electron chi connectivity index (χ2n) is 8.14. The quantitative estimate of drug-likeness (QED) is 0.639. The molecule has 1 spiro atoms. The topological polar surface area (TPSA) is 45.7 Å². The molecule has 1 aromatic carbocycles. The van der Waals surface area contributed by atoms with Crippen LogP contribution in [-0.2, 0) is 9.53 Å². The summed E-state index contributed by atoms with van der Waals surface area (Å²) in [6, 6.07) is 6.08. The van der Waals surface area contributed by atoms with Crippen LogP contribution in [0.4, 0.5) is 5.69 Å². The largest absolute Gasteiger partial charge is 0.360 e. The van der Waals surface area contributed by atoms with E-state index in [4.69, 9.17) is 4.74 Å². The van der Waals surface area contributed by atoms with Gasteiger partial charge in [0.25, 0.3) is 5.91 Å². The van der Waals surface area contributed by atoms with Crippen LogP contribution in [0.15, 0.2) is 60.7 Å². The Morgan fingerprint density at radius 1 is 1.37 bits per heavy atom. The van der Waals surface area contributed by atoms with Crippen molar-refractivity contribution in [2.75, 3.05) is 31.1 Å². The number of amides is 1. The number of thiazole rings is 1. The van der Waals surface area contributed by atoms with Gasteiger partial charge in [0.1, 0.15) is 6.10 Å². The number of benzene rings is 1. The minimum atomic E-state index is -0.426. The summed E-state index contributed by atoms with van der Waals surface area (Å²) in [6.45, 7) is 13.1. The summed E-state index contributed by atoms with van der Waals surface area (Å²) >= 11 is 1.60. The molecule has 158 valence electrons. The molecule has 3 heterocycles. The average Bonchev–Trinajstić information content (AvgIpc) is 3.23. The molecule has 2 saturated heterocycles. The van der Waals surface area contributed by atoms with Crippen LogP contribution in [0.5, 0.6) is 0 Å². The van der Waals surface area contributed by atoms with Gasteiger partial charge in [0.05, 0.1) is 27.9 Å². The molecule has 6 heteroatoms. The van der Waals surface area contributed by atoms with Gasteiger partial charge in [0.15, 0.2) is 0 Å². The standard InChI is InChI=1S/C24H29N3O2S/c1-4-6-19(5-2)9-12-26-13-10-24(11-14-26)16-27(23(28)18(3)29-24)20-7-8-21-22(15-20)30-17-25-21/h4-8,15,17-18H,1-2,9-14,16H2,3H3/b19-6+. The number of hydrogen-bond acceptors (Lipinski definition) is 5. The first-order chi connectivity index (χ1) is 14.5. The average molecular weight is 424 g/mol. The molecule has 0 radical (unpaired) electrons. The van der Waals surface area contributed by atoms with Gasteiger partial charge in [-0.1, -0.05) is 31.4 Å². The molecule has 30 heavy (non-hydrogen) atoms. The van der Waals surface area contributed by atoms with E-state index in [1.807, 2.05) is 47.7 Å². The van der Waals surface area contributed by atoms with E-state index >= 15 is 0 Å². The number of carbonyl (C=O) groups excluding carboxylic acids is 1. The Morgan fingerprint density at radius 3 is 2.90 bits per heavy atom. The maximum absolute atomic E-state index is 12.9. The summed E-state index contributed by atoms with van der Waals surface area (Å²) in [5.74, 6) is 0.0390. The summed E-state index contributed by atoms with van der Waals surface area (Å²) in [5, 5.41) is 0. The highest BCUT2D eigenvalue weighted by atomic mass is 32.1. The van der Waals surface area contributed by atoms with Gasteiger partial charge in [-0.25, -0.2) is 4.98 Å². The van der Waals surface area contributed by atoms with Gasteiger partial charge in [-0.05, 0) is 50.0 Å². The zero-order valence-electron chi connectivity index (χ0n) is 17.5. The molecular weight excluding hydrogens is 394 g/mol. The van der Waals surface area contributed by atoms with Crippen LogP contribution in [0.25, 0.3) is 10.2 Å². The molecule has 1 unspecified atom stereocenters. The van der Waals surface area contributed by atoms with Gasteiger partial charge in [-0.2, -0.15) is 0 Å². The normalized spacial score (nSPS) is 22.6. The molecule has 1 atom stereocenters. The molecule has 0 N–H and O–H groups in total. The number of ether oxygens (including phenoxy) is 1. The van der Waals surface area contributed by atoms with Crippen LogP contribution in [0.3, 0.4) is 0 Å². The highest BCUT2D eigenvalue weighted by Crippen LogP contribution is 2.36. The lowest BCUT2D eigenvalue weighted by Crippen LogP contribution is -2.61. The number of fused-ring (bicyclic) bond motifs is 1. The van der Waals surface area contributed by atoms with E-state index in [9.17, 15) is 4.79 Å². The van der Waals surface area contributed by atoms with Crippen molar-refractivity contribution >= 4 is 33.1 Å². The van der Waals surface area contributed by atoms with E-state index in [2.05, 4.69) is 29.1 Å². The Bertz CT molecular complexity index is 972. The first kappa shape index (κ1) is 21.0. The van der Waals surface area contributed by atoms with Gasteiger partial charge >= 0.3 is 0 Å². The number of allylic oxidation sites excluding steroid dienone is 3.